The molecule has 0 aliphatic rings. The Kier molecular flexibility index (Phi) is 6.92. The zero-order valence-corrected chi connectivity index (χ0v) is 9.53. The number of rotatable bonds is 7. The predicted molar refractivity (Wildman–Crippen MR) is 53.8 cm³/mol. The van der Waals surface area contributed by atoms with Gasteiger partial charge in [-0.15, -0.1) is 0 Å². The highest BCUT2D eigenvalue weighted by molar-refractivity contribution is 4.73. The van der Waals surface area contributed by atoms with Gasteiger partial charge in [-0.1, -0.05) is 6.92 Å². The first kappa shape index (κ1) is 14.7. The zero-order chi connectivity index (χ0) is 11.9. The maximum atomic E-state index is 11.9. The van der Waals surface area contributed by atoms with Crippen LogP contribution in [-0.4, -0.2) is 32.0 Å². The molecule has 0 saturated heterocycles. The number of hydrogen-bond donors (Lipinski definition) is 1. The van der Waals surface area contributed by atoms with Gasteiger partial charge in [0, 0.05) is 19.6 Å². The lowest BCUT2D eigenvalue weighted by Crippen LogP contribution is -2.39. The third-order valence-corrected chi connectivity index (χ3v) is 2.38. The lowest BCUT2D eigenvalue weighted by Gasteiger charge is -2.23. The second-order valence-corrected chi connectivity index (χ2v) is 3.61. The molecule has 0 rings (SSSR count). The molecule has 0 bridgehead atoms. The fourth-order valence-corrected chi connectivity index (χ4v) is 1.45. The van der Waals surface area contributed by atoms with Crippen LogP contribution in [0.1, 0.15) is 33.1 Å². The van der Waals surface area contributed by atoms with Crippen LogP contribution in [0.2, 0.25) is 0 Å². The first-order valence-electron chi connectivity index (χ1n) is 5.23. The van der Waals surface area contributed by atoms with Gasteiger partial charge in [-0.05, 0) is 26.3 Å². The van der Waals surface area contributed by atoms with Crippen LogP contribution >= 0.6 is 0 Å². The molecular weight excluding hydrogens is 207 g/mol. The molecule has 0 aliphatic heterocycles. The van der Waals surface area contributed by atoms with Gasteiger partial charge in [0.25, 0.3) is 0 Å². The van der Waals surface area contributed by atoms with E-state index < -0.39 is 12.6 Å². The number of hydrogen-bond acceptors (Lipinski definition) is 2. The smallest absolute Gasteiger partial charge is 0.380 e. The van der Waals surface area contributed by atoms with Crippen LogP contribution in [0.3, 0.4) is 0 Å². The van der Waals surface area contributed by atoms with Crippen LogP contribution in [0, 0.1) is 0 Å². The largest absolute Gasteiger partial charge is 0.389 e. The van der Waals surface area contributed by atoms with Gasteiger partial charge >= 0.3 is 6.18 Å². The number of halogens is 3. The van der Waals surface area contributed by atoms with E-state index in [0.29, 0.717) is 6.42 Å². The van der Waals surface area contributed by atoms with Crippen molar-refractivity contribution < 1.29 is 17.9 Å². The molecule has 0 amide bonds. The fraction of sp³-hybridized carbons (Fsp3) is 1.00. The Balaban J connectivity index is 3.86. The van der Waals surface area contributed by atoms with E-state index in [1.807, 2.05) is 13.8 Å². The van der Waals surface area contributed by atoms with Crippen molar-refractivity contribution in [2.45, 2.75) is 51.4 Å². The van der Waals surface area contributed by atoms with E-state index in [9.17, 15) is 13.2 Å². The number of alkyl halides is 3. The van der Waals surface area contributed by atoms with Crippen molar-refractivity contribution in [1.29, 1.82) is 0 Å². The van der Waals surface area contributed by atoms with Crippen LogP contribution in [0.25, 0.3) is 0 Å². The Morgan fingerprint density at radius 2 is 1.93 bits per heavy atom. The molecule has 0 aliphatic carbocycles. The minimum atomic E-state index is -4.05. The summed E-state index contributed by atoms with van der Waals surface area (Å²) < 4.78 is 40.9. The molecule has 0 aromatic heterocycles. The average Bonchev–Trinajstić information content (AvgIpc) is 2.13. The van der Waals surface area contributed by atoms with E-state index >= 15 is 0 Å². The summed E-state index contributed by atoms with van der Waals surface area (Å²) in [6, 6.07) is 0.00218. The van der Waals surface area contributed by atoms with Crippen LogP contribution in [-0.2, 0) is 4.74 Å². The van der Waals surface area contributed by atoms with Crippen molar-refractivity contribution in [1.82, 2.24) is 5.32 Å². The molecule has 92 valence electrons. The van der Waals surface area contributed by atoms with Crippen molar-refractivity contribution in [3.63, 3.8) is 0 Å². The molecule has 0 aromatic rings. The van der Waals surface area contributed by atoms with Gasteiger partial charge in [0.2, 0.25) is 0 Å². The molecule has 15 heavy (non-hydrogen) atoms. The van der Waals surface area contributed by atoms with Gasteiger partial charge in [-0.2, -0.15) is 13.2 Å². The monoisotopic (exact) mass is 227 g/mol. The van der Waals surface area contributed by atoms with Crippen LogP contribution < -0.4 is 5.32 Å². The molecule has 2 unspecified atom stereocenters. The van der Waals surface area contributed by atoms with E-state index in [4.69, 9.17) is 4.74 Å². The van der Waals surface area contributed by atoms with E-state index in [-0.39, 0.29) is 18.6 Å². The van der Waals surface area contributed by atoms with Gasteiger partial charge in [0.1, 0.15) is 0 Å². The SMILES string of the molecule is CCNC(CCCC(F)(F)F)C(C)OC. The molecular formula is C10H20F3NO. The summed E-state index contributed by atoms with van der Waals surface area (Å²) in [6.45, 7) is 4.53. The molecule has 2 nitrogen and oxygen atoms in total. The third kappa shape index (κ3) is 7.62. The van der Waals surface area contributed by atoms with Gasteiger partial charge in [-0.3, -0.25) is 0 Å². The minimum Gasteiger partial charge on any atom is -0.380 e. The lowest BCUT2D eigenvalue weighted by atomic mass is 10.0. The van der Waals surface area contributed by atoms with Crippen LogP contribution in [0.15, 0.2) is 0 Å². The average molecular weight is 227 g/mol. The first-order chi connectivity index (χ1) is 6.90. The Morgan fingerprint density at radius 1 is 1.33 bits per heavy atom. The number of nitrogens with one attached hydrogen (secondary N) is 1. The van der Waals surface area contributed by atoms with E-state index in [2.05, 4.69) is 5.32 Å². The maximum absolute atomic E-state index is 11.9. The Labute approximate surface area is 89.2 Å². The summed E-state index contributed by atoms with van der Waals surface area (Å²) in [5, 5.41) is 3.13. The first-order valence-corrected chi connectivity index (χ1v) is 5.23. The molecule has 0 saturated carbocycles. The molecule has 2 atom stereocenters. The summed E-state index contributed by atoms with van der Waals surface area (Å²) in [7, 11) is 1.57. The Morgan fingerprint density at radius 3 is 2.33 bits per heavy atom. The summed E-state index contributed by atoms with van der Waals surface area (Å²) in [5.41, 5.74) is 0. The molecule has 1 N–H and O–H groups in total. The van der Waals surface area contributed by atoms with Crippen LogP contribution in [0.4, 0.5) is 13.2 Å². The number of methoxy groups -OCH3 is 1. The molecule has 0 spiro atoms. The van der Waals surface area contributed by atoms with Crippen LogP contribution in [0.5, 0.6) is 0 Å². The van der Waals surface area contributed by atoms with Crippen molar-refractivity contribution in [3.05, 3.63) is 0 Å². The molecule has 0 radical (unpaired) electrons. The van der Waals surface area contributed by atoms with Gasteiger partial charge in [0.15, 0.2) is 0 Å². The lowest BCUT2D eigenvalue weighted by molar-refractivity contribution is -0.136. The number of likely N-dealkylation sites (N-methyl/N-ethyl adjacent to an activating group) is 1. The van der Waals surface area contributed by atoms with E-state index in [0.717, 1.165) is 6.54 Å². The minimum absolute atomic E-state index is 0.00218. The highest BCUT2D eigenvalue weighted by atomic mass is 19.4. The van der Waals surface area contributed by atoms with Gasteiger partial charge in [0.05, 0.1) is 6.10 Å². The summed E-state index contributed by atoms with van der Waals surface area (Å²) in [4.78, 5) is 0. The van der Waals surface area contributed by atoms with Crippen molar-refractivity contribution in [2.24, 2.45) is 0 Å². The van der Waals surface area contributed by atoms with Gasteiger partial charge < -0.3 is 10.1 Å². The fourth-order valence-electron chi connectivity index (χ4n) is 1.45. The quantitative estimate of drug-likeness (QED) is 0.722. The molecule has 0 aromatic carbocycles. The van der Waals surface area contributed by atoms with Crippen molar-refractivity contribution in [2.75, 3.05) is 13.7 Å². The summed E-state index contributed by atoms with van der Waals surface area (Å²) in [6.07, 6.45) is -4.19. The second-order valence-electron chi connectivity index (χ2n) is 3.61. The maximum Gasteiger partial charge on any atom is 0.389 e. The van der Waals surface area contributed by atoms with Crippen molar-refractivity contribution >= 4 is 0 Å². The normalized spacial score (nSPS) is 16.4. The van der Waals surface area contributed by atoms with E-state index in [1.54, 1.807) is 7.11 Å². The highest BCUT2D eigenvalue weighted by Gasteiger charge is 2.27. The zero-order valence-electron chi connectivity index (χ0n) is 9.53. The topological polar surface area (TPSA) is 21.3 Å². The highest BCUT2D eigenvalue weighted by Crippen LogP contribution is 2.23. The molecule has 5 heteroatoms. The third-order valence-electron chi connectivity index (χ3n) is 2.38. The Hall–Kier alpha value is -0.290. The second kappa shape index (κ2) is 7.06. The predicted octanol–water partition coefficient (Wildman–Crippen LogP) is 2.73. The Bertz CT molecular complexity index is 161. The summed E-state index contributed by atoms with van der Waals surface area (Å²) in [5.74, 6) is 0. The van der Waals surface area contributed by atoms with Gasteiger partial charge in [-0.25, -0.2) is 0 Å². The molecule has 0 heterocycles. The summed E-state index contributed by atoms with van der Waals surface area (Å²) >= 11 is 0. The molecule has 0 fully saturated rings. The standard InChI is InChI=1S/C10H20F3NO/c1-4-14-9(8(2)15-3)6-5-7-10(11,12)13/h8-9,14H,4-7H2,1-3H3. The van der Waals surface area contributed by atoms with E-state index in [1.165, 1.54) is 0 Å². The van der Waals surface area contributed by atoms with Crippen molar-refractivity contribution in [3.8, 4) is 0 Å². The number of ether oxygens (including phenoxy) is 1.